The van der Waals surface area contributed by atoms with E-state index < -0.39 is 0 Å². The second-order valence-electron chi connectivity index (χ2n) is 6.14. The fourth-order valence-electron chi connectivity index (χ4n) is 4.10. The van der Waals surface area contributed by atoms with Gasteiger partial charge in [0.15, 0.2) is 0 Å². The summed E-state index contributed by atoms with van der Waals surface area (Å²) in [6, 6.07) is 2.25. The minimum absolute atomic E-state index is 0.148. The molecule has 0 aromatic carbocycles. The molecule has 100 valence electrons. The maximum absolute atomic E-state index is 11.3. The van der Waals surface area contributed by atoms with Gasteiger partial charge in [-0.05, 0) is 56.8 Å². The summed E-state index contributed by atoms with van der Waals surface area (Å²) in [7, 11) is 0. The van der Waals surface area contributed by atoms with Crippen LogP contribution < -0.4 is 0 Å². The van der Waals surface area contributed by atoms with E-state index in [0.29, 0.717) is 24.2 Å². The molecule has 2 atom stereocenters. The van der Waals surface area contributed by atoms with Crippen molar-refractivity contribution in [1.29, 1.82) is 5.26 Å². The average Bonchev–Trinajstić information content (AvgIpc) is 2.25. The molecule has 0 aliphatic heterocycles. The summed E-state index contributed by atoms with van der Waals surface area (Å²) < 4.78 is 5.69. The van der Waals surface area contributed by atoms with Crippen molar-refractivity contribution in [2.24, 2.45) is 17.8 Å². The fraction of sp³-hybridized carbons (Fsp3) is 0.867. The number of carbonyl (C=O) groups is 1. The predicted molar refractivity (Wildman–Crippen MR) is 68.6 cm³/mol. The lowest BCUT2D eigenvalue weighted by molar-refractivity contribution is -0.185. The molecule has 0 saturated heterocycles. The van der Waals surface area contributed by atoms with Crippen molar-refractivity contribution in [2.75, 3.05) is 0 Å². The molecule has 2 aliphatic carbocycles. The van der Waals surface area contributed by atoms with Gasteiger partial charge in [-0.15, -0.1) is 0 Å². The molecule has 3 heteroatoms. The highest BCUT2D eigenvalue weighted by Gasteiger charge is 2.50. The Kier molecular flexibility index (Phi) is 3.94. The lowest BCUT2D eigenvalue weighted by atomic mass is 9.58. The van der Waals surface area contributed by atoms with E-state index in [1.165, 1.54) is 26.2 Å². The summed E-state index contributed by atoms with van der Waals surface area (Å²) in [5.74, 6) is 1.50. The van der Waals surface area contributed by atoms with Crippen molar-refractivity contribution in [3.63, 3.8) is 0 Å². The number of carbonyl (C=O) groups excluding carboxylic acids is 1. The summed E-state index contributed by atoms with van der Waals surface area (Å²) >= 11 is 0. The number of rotatable bonds is 3. The SMILES string of the molecule is CC(=O)OC1(C)C2CCCC1CC(CCC#N)C2. The molecule has 0 heterocycles. The van der Waals surface area contributed by atoms with E-state index in [4.69, 9.17) is 10.00 Å². The Hall–Kier alpha value is -1.04. The molecule has 2 rings (SSSR count). The van der Waals surface area contributed by atoms with Gasteiger partial charge in [0.2, 0.25) is 0 Å². The number of fused-ring (bicyclic) bond motifs is 2. The van der Waals surface area contributed by atoms with Crippen molar-refractivity contribution in [1.82, 2.24) is 0 Å². The standard InChI is InChI=1S/C15H23NO2/c1-11(17)18-15(2)13-6-3-7-14(15)10-12(9-13)5-4-8-16/h12-14H,3-7,9-10H2,1-2H3. The van der Waals surface area contributed by atoms with Crippen LogP contribution in [0.2, 0.25) is 0 Å². The van der Waals surface area contributed by atoms with E-state index in [9.17, 15) is 4.79 Å². The zero-order valence-corrected chi connectivity index (χ0v) is 11.4. The van der Waals surface area contributed by atoms with Gasteiger partial charge in [-0.2, -0.15) is 5.26 Å². The highest BCUT2D eigenvalue weighted by Crippen LogP contribution is 2.52. The molecule has 2 unspecified atom stereocenters. The molecule has 0 aromatic heterocycles. The summed E-state index contributed by atoms with van der Waals surface area (Å²) in [4.78, 5) is 11.3. The van der Waals surface area contributed by atoms with Gasteiger partial charge in [0.05, 0.1) is 6.07 Å². The largest absolute Gasteiger partial charge is 0.459 e. The summed E-state index contributed by atoms with van der Waals surface area (Å²) in [5, 5.41) is 8.70. The average molecular weight is 249 g/mol. The second-order valence-corrected chi connectivity index (χ2v) is 6.14. The van der Waals surface area contributed by atoms with Crippen LogP contribution in [0, 0.1) is 29.1 Å². The van der Waals surface area contributed by atoms with Crippen molar-refractivity contribution in [3.8, 4) is 6.07 Å². The van der Waals surface area contributed by atoms with Gasteiger partial charge in [0.25, 0.3) is 0 Å². The van der Waals surface area contributed by atoms with Crippen LogP contribution >= 0.6 is 0 Å². The van der Waals surface area contributed by atoms with Crippen LogP contribution in [-0.4, -0.2) is 11.6 Å². The monoisotopic (exact) mass is 249 g/mol. The summed E-state index contributed by atoms with van der Waals surface area (Å²) in [6.45, 7) is 3.64. The first-order chi connectivity index (χ1) is 8.56. The van der Waals surface area contributed by atoms with E-state index in [0.717, 1.165) is 19.3 Å². The smallest absolute Gasteiger partial charge is 0.303 e. The first kappa shape index (κ1) is 13.4. The van der Waals surface area contributed by atoms with E-state index in [1.54, 1.807) is 0 Å². The highest BCUT2D eigenvalue weighted by atomic mass is 16.6. The van der Waals surface area contributed by atoms with Gasteiger partial charge in [-0.25, -0.2) is 0 Å². The van der Waals surface area contributed by atoms with Crippen molar-refractivity contribution >= 4 is 5.97 Å². The van der Waals surface area contributed by atoms with Gasteiger partial charge in [-0.1, -0.05) is 6.42 Å². The Morgan fingerprint density at radius 3 is 2.50 bits per heavy atom. The Bertz CT molecular complexity index is 344. The number of hydrogen-bond donors (Lipinski definition) is 0. The van der Waals surface area contributed by atoms with Crippen LogP contribution in [0.1, 0.15) is 58.8 Å². The van der Waals surface area contributed by atoms with E-state index in [2.05, 4.69) is 13.0 Å². The molecule has 2 fully saturated rings. The first-order valence-corrected chi connectivity index (χ1v) is 7.12. The molecule has 0 radical (unpaired) electrons. The van der Waals surface area contributed by atoms with Crippen LogP contribution in [0.4, 0.5) is 0 Å². The van der Waals surface area contributed by atoms with Gasteiger partial charge in [0, 0.05) is 13.3 Å². The van der Waals surface area contributed by atoms with Crippen molar-refractivity contribution in [3.05, 3.63) is 0 Å². The Morgan fingerprint density at radius 2 is 2.00 bits per heavy atom. The van der Waals surface area contributed by atoms with E-state index in [-0.39, 0.29) is 11.6 Å². The maximum atomic E-state index is 11.3. The highest BCUT2D eigenvalue weighted by molar-refractivity contribution is 5.66. The zero-order valence-electron chi connectivity index (χ0n) is 11.4. The van der Waals surface area contributed by atoms with Gasteiger partial charge in [-0.3, -0.25) is 4.79 Å². The minimum atomic E-state index is -0.243. The van der Waals surface area contributed by atoms with Crippen LogP contribution in [0.15, 0.2) is 0 Å². The van der Waals surface area contributed by atoms with Gasteiger partial charge < -0.3 is 4.74 Å². The quantitative estimate of drug-likeness (QED) is 0.720. The third-order valence-electron chi connectivity index (χ3n) is 4.99. The molecule has 0 amide bonds. The van der Waals surface area contributed by atoms with E-state index in [1.807, 2.05) is 0 Å². The molecule has 0 aromatic rings. The van der Waals surface area contributed by atoms with Gasteiger partial charge in [0.1, 0.15) is 5.60 Å². The topological polar surface area (TPSA) is 50.1 Å². The molecular weight excluding hydrogens is 226 g/mol. The second kappa shape index (κ2) is 5.30. The van der Waals surface area contributed by atoms with Crippen LogP contribution in [0.25, 0.3) is 0 Å². The van der Waals surface area contributed by atoms with Crippen LogP contribution in [-0.2, 0) is 9.53 Å². The summed E-state index contributed by atoms with van der Waals surface area (Å²) in [5.41, 5.74) is -0.243. The summed E-state index contributed by atoms with van der Waals surface area (Å²) in [6.07, 6.45) is 7.53. The molecule has 2 aliphatic rings. The van der Waals surface area contributed by atoms with Crippen LogP contribution in [0.3, 0.4) is 0 Å². The molecule has 18 heavy (non-hydrogen) atoms. The fourth-order valence-corrected chi connectivity index (χ4v) is 4.10. The number of hydrogen-bond acceptors (Lipinski definition) is 3. The molecule has 2 bridgehead atoms. The van der Waals surface area contributed by atoms with E-state index >= 15 is 0 Å². The Morgan fingerprint density at radius 1 is 1.39 bits per heavy atom. The third kappa shape index (κ3) is 2.53. The normalized spacial score (nSPS) is 38.8. The number of esters is 1. The Labute approximate surface area is 110 Å². The molecule has 3 nitrogen and oxygen atoms in total. The lowest BCUT2D eigenvalue weighted by Gasteiger charge is -2.52. The van der Waals surface area contributed by atoms with Crippen molar-refractivity contribution < 1.29 is 9.53 Å². The minimum Gasteiger partial charge on any atom is -0.459 e. The molecule has 2 saturated carbocycles. The van der Waals surface area contributed by atoms with Crippen LogP contribution in [0.5, 0.6) is 0 Å². The maximum Gasteiger partial charge on any atom is 0.303 e. The number of nitriles is 1. The molecular formula is C15H23NO2. The zero-order chi connectivity index (χ0) is 13.2. The third-order valence-corrected chi connectivity index (χ3v) is 4.99. The van der Waals surface area contributed by atoms with Gasteiger partial charge >= 0.3 is 5.97 Å². The molecule has 0 spiro atoms. The Balaban J connectivity index is 2.07. The number of ether oxygens (including phenoxy) is 1. The van der Waals surface area contributed by atoms with Crippen molar-refractivity contribution in [2.45, 2.75) is 64.4 Å². The predicted octanol–water partition coefficient (Wildman–Crippen LogP) is 3.44. The first-order valence-electron chi connectivity index (χ1n) is 7.12. The molecule has 0 N–H and O–H groups in total. The lowest BCUT2D eigenvalue weighted by Crippen LogP contribution is -2.52. The number of nitrogens with zero attached hydrogens (tertiary/aromatic N) is 1.